The molecule has 0 saturated heterocycles. The standard InChI is InChI=1S/C44H35N/c1-43(2)39-15-9-7-13-35(39)37-23-20-31(26-41(37)43)45(30-19-22-34-29(25-30)18-17-28-11-5-6-12-33(28)34)32-21-24-38-36-14-8-10-16-40(36)44(3,4)42(38)27-32/h5-27H,1-4H3. The molecule has 2 aliphatic carbocycles. The minimum atomic E-state index is -0.0719. The maximum Gasteiger partial charge on any atom is 0.0468 e. The number of benzene rings is 7. The van der Waals surface area contributed by atoms with E-state index in [2.05, 4.69) is 172 Å². The summed E-state index contributed by atoms with van der Waals surface area (Å²) in [6.45, 7) is 9.45. The topological polar surface area (TPSA) is 3.24 Å². The predicted octanol–water partition coefficient (Wildman–Crippen LogP) is 12.1. The van der Waals surface area contributed by atoms with Crippen molar-refractivity contribution in [3.63, 3.8) is 0 Å². The number of hydrogen-bond donors (Lipinski definition) is 0. The summed E-state index contributed by atoms with van der Waals surface area (Å²) in [5, 5.41) is 5.10. The van der Waals surface area contributed by atoms with Crippen molar-refractivity contribution in [1.29, 1.82) is 0 Å². The van der Waals surface area contributed by atoms with Crippen LogP contribution in [0.3, 0.4) is 0 Å². The smallest absolute Gasteiger partial charge is 0.0468 e. The Hall–Kier alpha value is -5.14. The van der Waals surface area contributed by atoms with Crippen molar-refractivity contribution < 1.29 is 0 Å². The van der Waals surface area contributed by atoms with Crippen LogP contribution in [0.15, 0.2) is 140 Å². The fourth-order valence-corrected chi connectivity index (χ4v) is 8.25. The number of hydrogen-bond acceptors (Lipinski definition) is 1. The van der Waals surface area contributed by atoms with E-state index in [9.17, 15) is 0 Å². The van der Waals surface area contributed by atoms with Gasteiger partial charge in [-0.15, -0.1) is 0 Å². The van der Waals surface area contributed by atoms with Gasteiger partial charge in [0.2, 0.25) is 0 Å². The third kappa shape index (κ3) is 3.68. The summed E-state index contributed by atoms with van der Waals surface area (Å²) < 4.78 is 0. The molecule has 45 heavy (non-hydrogen) atoms. The summed E-state index contributed by atoms with van der Waals surface area (Å²) in [5.41, 5.74) is 14.3. The Bertz CT molecular complexity index is 2230. The van der Waals surface area contributed by atoms with Crippen molar-refractivity contribution in [3.8, 4) is 22.3 Å². The maximum atomic E-state index is 2.47. The monoisotopic (exact) mass is 577 g/mol. The Morgan fingerprint density at radius 3 is 1.42 bits per heavy atom. The Labute approximate surface area is 265 Å². The molecule has 0 N–H and O–H groups in total. The van der Waals surface area contributed by atoms with E-state index in [0.29, 0.717) is 0 Å². The first-order chi connectivity index (χ1) is 21.8. The third-order valence-electron chi connectivity index (χ3n) is 10.6. The molecule has 0 amide bonds. The summed E-state index contributed by atoms with van der Waals surface area (Å²) in [6.07, 6.45) is 0. The Morgan fingerprint density at radius 1 is 0.356 bits per heavy atom. The molecular weight excluding hydrogens is 542 g/mol. The fraction of sp³-hybridized carbons (Fsp3) is 0.136. The number of nitrogens with zero attached hydrogens (tertiary/aromatic N) is 1. The second-order valence-corrected chi connectivity index (χ2v) is 13.8. The molecule has 0 spiro atoms. The molecule has 1 nitrogen and oxygen atoms in total. The summed E-state index contributed by atoms with van der Waals surface area (Å²) in [6, 6.07) is 52.1. The largest absolute Gasteiger partial charge is 0.310 e. The maximum absolute atomic E-state index is 2.47. The van der Waals surface area contributed by atoms with Gasteiger partial charge in [0.25, 0.3) is 0 Å². The van der Waals surface area contributed by atoms with Gasteiger partial charge in [0.05, 0.1) is 0 Å². The highest BCUT2D eigenvalue weighted by molar-refractivity contribution is 6.08. The molecule has 2 aliphatic rings. The van der Waals surface area contributed by atoms with Crippen molar-refractivity contribution in [3.05, 3.63) is 162 Å². The molecule has 0 aliphatic heterocycles. The SMILES string of the molecule is CC1(C)c2ccccc2-c2ccc(N(c3ccc4c(c3)C(C)(C)c3ccccc3-4)c3ccc4c(ccc5ccccc54)c3)cc21. The van der Waals surface area contributed by atoms with E-state index >= 15 is 0 Å². The zero-order chi connectivity index (χ0) is 30.5. The predicted molar refractivity (Wildman–Crippen MR) is 191 cm³/mol. The molecular formula is C44H35N. The van der Waals surface area contributed by atoms with Crippen molar-refractivity contribution in [2.45, 2.75) is 38.5 Å². The van der Waals surface area contributed by atoms with Gasteiger partial charge >= 0.3 is 0 Å². The summed E-state index contributed by atoms with van der Waals surface area (Å²) in [7, 11) is 0. The van der Waals surface area contributed by atoms with Crippen molar-refractivity contribution >= 4 is 38.6 Å². The molecule has 0 saturated carbocycles. The molecule has 216 valence electrons. The minimum Gasteiger partial charge on any atom is -0.310 e. The highest BCUT2D eigenvalue weighted by Crippen LogP contribution is 2.53. The Kier molecular flexibility index (Phi) is 5.37. The van der Waals surface area contributed by atoms with Gasteiger partial charge in [0.15, 0.2) is 0 Å². The molecule has 7 aromatic rings. The van der Waals surface area contributed by atoms with E-state index in [1.54, 1.807) is 0 Å². The van der Waals surface area contributed by atoms with Gasteiger partial charge in [-0.25, -0.2) is 0 Å². The van der Waals surface area contributed by atoms with E-state index in [0.717, 1.165) is 0 Å². The Morgan fingerprint density at radius 2 is 0.800 bits per heavy atom. The molecule has 7 aromatic carbocycles. The zero-order valence-corrected chi connectivity index (χ0v) is 26.2. The lowest BCUT2D eigenvalue weighted by molar-refractivity contribution is 0.660. The van der Waals surface area contributed by atoms with Gasteiger partial charge in [-0.2, -0.15) is 0 Å². The van der Waals surface area contributed by atoms with Crippen LogP contribution in [0.2, 0.25) is 0 Å². The number of anilines is 3. The Balaban J connectivity index is 1.26. The summed E-state index contributed by atoms with van der Waals surface area (Å²) in [4.78, 5) is 2.47. The number of rotatable bonds is 3. The van der Waals surface area contributed by atoms with Crippen LogP contribution in [-0.4, -0.2) is 0 Å². The first kappa shape index (κ1) is 26.3. The van der Waals surface area contributed by atoms with Gasteiger partial charge in [-0.3, -0.25) is 0 Å². The lowest BCUT2D eigenvalue weighted by atomic mass is 9.82. The molecule has 0 fully saturated rings. The first-order valence-corrected chi connectivity index (χ1v) is 16.0. The molecule has 9 rings (SSSR count). The average Bonchev–Trinajstić information content (AvgIpc) is 3.44. The fourth-order valence-electron chi connectivity index (χ4n) is 8.25. The third-order valence-corrected chi connectivity index (χ3v) is 10.6. The van der Waals surface area contributed by atoms with Crippen LogP contribution in [0.25, 0.3) is 43.8 Å². The summed E-state index contributed by atoms with van der Waals surface area (Å²) in [5.74, 6) is 0. The molecule has 0 radical (unpaired) electrons. The highest BCUT2D eigenvalue weighted by Gasteiger charge is 2.37. The van der Waals surface area contributed by atoms with Crippen molar-refractivity contribution in [2.24, 2.45) is 0 Å². The molecule has 0 bridgehead atoms. The first-order valence-electron chi connectivity index (χ1n) is 16.0. The lowest BCUT2D eigenvalue weighted by Crippen LogP contribution is -2.18. The van der Waals surface area contributed by atoms with E-state index in [1.807, 2.05) is 0 Å². The van der Waals surface area contributed by atoms with Gasteiger partial charge in [-0.05, 0) is 102 Å². The van der Waals surface area contributed by atoms with Gasteiger partial charge < -0.3 is 4.90 Å². The van der Waals surface area contributed by atoms with Crippen LogP contribution < -0.4 is 4.90 Å². The van der Waals surface area contributed by atoms with Crippen LogP contribution in [-0.2, 0) is 10.8 Å². The molecule has 0 unspecified atom stereocenters. The summed E-state index contributed by atoms with van der Waals surface area (Å²) >= 11 is 0. The van der Waals surface area contributed by atoms with Crippen LogP contribution in [0.4, 0.5) is 17.1 Å². The second-order valence-electron chi connectivity index (χ2n) is 13.8. The minimum absolute atomic E-state index is 0.0719. The van der Waals surface area contributed by atoms with E-state index < -0.39 is 0 Å². The number of fused-ring (bicyclic) bond motifs is 9. The normalized spacial score (nSPS) is 15.0. The molecule has 0 heterocycles. The van der Waals surface area contributed by atoms with Gasteiger partial charge in [0, 0.05) is 27.9 Å². The van der Waals surface area contributed by atoms with Crippen LogP contribution in [0.5, 0.6) is 0 Å². The van der Waals surface area contributed by atoms with E-state index in [1.165, 1.54) is 83.1 Å². The van der Waals surface area contributed by atoms with Crippen LogP contribution >= 0.6 is 0 Å². The molecule has 0 aromatic heterocycles. The zero-order valence-electron chi connectivity index (χ0n) is 26.2. The van der Waals surface area contributed by atoms with Crippen molar-refractivity contribution in [2.75, 3.05) is 4.90 Å². The quantitative estimate of drug-likeness (QED) is 0.189. The average molecular weight is 578 g/mol. The van der Waals surface area contributed by atoms with Crippen LogP contribution in [0.1, 0.15) is 49.9 Å². The van der Waals surface area contributed by atoms with Crippen molar-refractivity contribution in [1.82, 2.24) is 0 Å². The second kappa shape index (κ2) is 9.19. The molecule has 1 heteroatoms. The van der Waals surface area contributed by atoms with Gasteiger partial charge in [0.1, 0.15) is 0 Å². The molecule has 0 atom stereocenters. The highest BCUT2D eigenvalue weighted by atomic mass is 15.1. The van der Waals surface area contributed by atoms with Crippen LogP contribution in [0, 0.1) is 0 Å². The van der Waals surface area contributed by atoms with E-state index in [4.69, 9.17) is 0 Å². The van der Waals surface area contributed by atoms with E-state index in [-0.39, 0.29) is 10.8 Å². The lowest BCUT2D eigenvalue weighted by Gasteiger charge is -2.30. The van der Waals surface area contributed by atoms with Gasteiger partial charge in [-0.1, -0.05) is 131 Å².